The quantitative estimate of drug-likeness (QED) is 0.765. The highest BCUT2D eigenvalue weighted by atomic mass is 16.2. The highest BCUT2D eigenvalue weighted by Crippen LogP contribution is 2.06. The fourth-order valence-corrected chi connectivity index (χ4v) is 1.23. The summed E-state index contributed by atoms with van der Waals surface area (Å²) in [5.74, 6) is -0.258. The zero-order valence-corrected chi connectivity index (χ0v) is 10.2. The van der Waals surface area contributed by atoms with Crippen molar-refractivity contribution in [2.24, 2.45) is 0 Å². The van der Waals surface area contributed by atoms with E-state index in [1.165, 1.54) is 12.3 Å². The maximum absolute atomic E-state index is 11.7. The van der Waals surface area contributed by atoms with Crippen LogP contribution in [0.1, 0.15) is 27.2 Å². The van der Waals surface area contributed by atoms with Gasteiger partial charge >= 0.3 is 5.69 Å². The summed E-state index contributed by atoms with van der Waals surface area (Å²) in [6.07, 6.45) is 2.10. The number of rotatable bonds is 4. The van der Waals surface area contributed by atoms with Gasteiger partial charge in [-0.2, -0.15) is 0 Å². The van der Waals surface area contributed by atoms with Gasteiger partial charge in [0.25, 0.3) is 5.56 Å². The number of carbonyl (C=O) groups excluding carboxylic acids is 1. The first-order valence-corrected chi connectivity index (χ1v) is 5.45. The predicted molar refractivity (Wildman–Crippen MR) is 63.8 cm³/mol. The summed E-state index contributed by atoms with van der Waals surface area (Å²) in [5.41, 5.74) is -1.36. The van der Waals surface area contributed by atoms with Gasteiger partial charge in [-0.3, -0.25) is 19.1 Å². The average molecular weight is 239 g/mol. The fraction of sp³-hybridized carbons (Fsp3) is 0.545. The van der Waals surface area contributed by atoms with Gasteiger partial charge < -0.3 is 5.32 Å². The van der Waals surface area contributed by atoms with E-state index >= 15 is 0 Å². The molecule has 0 aliphatic heterocycles. The van der Waals surface area contributed by atoms with Gasteiger partial charge in [-0.25, -0.2) is 4.79 Å². The number of H-pyrrole nitrogens is 1. The predicted octanol–water partition coefficient (Wildman–Crippen LogP) is -0.159. The van der Waals surface area contributed by atoms with Crippen LogP contribution in [0.25, 0.3) is 0 Å². The molecule has 0 spiro atoms. The first-order valence-electron chi connectivity index (χ1n) is 5.45. The molecule has 0 aromatic carbocycles. The molecule has 0 fully saturated rings. The molecule has 0 saturated carbocycles. The van der Waals surface area contributed by atoms with Crippen LogP contribution < -0.4 is 16.6 Å². The van der Waals surface area contributed by atoms with Crippen LogP contribution in [-0.2, 0) is 11.3 Å². The summed E-state index contributed by atoms with van der Waals surface area (Å²) in [7, 11) is 0. The van der Waals surface area contributed by atoms with Crippen LogP contribution in [0, 0.1) is 0 Å². The molecule has 1 rings (SSSR count). The van der Waals surface area contributed by atoms with E-state index in [4.69, 9.17) is 0 Å². The topological polar surface area (TPSA) is 84.0 Å². The summed E-state index contributed by atoms with van der Waals surface area (Å²) in [4.78, 5) is 35.9. The van der Waals surface area contributed by atoms with Gasteiger partial charge in [0, 0.05) is 17.8 Å². The zero-order chi connectivity index (χ0) is 13.1. The molecule has 2 N–H and O–H groups in total. The van der Waals surface area contributed by atoms with E-state index in [0.29, 0.717) is 0 Å². The van der Waals surface area contributed by atoms with Crippen LogP contribution in [0.2, 0.25) is 0 Å². The van der Waals surface area contributed by atoms with Crippen molar-refractivity contribution in [3.8, 4) is 0 Å². The first kappa shape index (κ1) is 13.2. The minimum atomic E-state index is -0.582. The largest absolute Gasteiger partial charge is 0.350 e. The second-order valence-electron chi connectivity index (χ2n) is 4.52. The van der Waals surface area contributed by atoms with E-state index in [0.717, 1.165) is 11.0 Å². The molecular formula is C11H17N3O3. The number of amides is 1. The van der Waals surface area contributed by atoms with Crippen molar-refractivity contribution in [3.05, 3.63) is 33.1 Å². The van der Waals surface area contributed by atoms with Gasteiger partial charge in [0.2, 0.25) is 5.91 Å². The molecule has 94 valence electrons. The number of nitrogens with one attached hydrogen (secondary N) is 2. The lowest BCUT2D eigenvalue weighted by molar-refractivity contribution is -0.123. The molecule has 0 atom stereocenters. The Kier molecular flexibility index (Phi) is 3.88. The third kappa shape index (κ3) is 3.90. The van der Waals surface area contributed by atoms with Crippen LogP contribution in [0.5, 0.6) is 0 Å². The number of hydrogen-bond donors (Lipinski definition) is 2. The fourth-order valence-electron chi connectivity index (χ4n) is 1.23. The molecule has 0 bridgehead atoms. The maximum Gasteiger partial charge on any atom is 0.328 e. The normalized spacial score (nSPS) is 11.2. The highest BCUT2D eigenvalue weighted by Gasteiger charge is 2.17. The standard InChI is InChI=1S/C11H17N3O3/c1-4-11(2,3)13-9(16)7-14-6-5-8(15)12-10(14)17/h5-6H,4,7H2,1-3H3,(H,13,16)(H,12,15,17). The van der Waals surface area contributed by atoms with Crippen molar-refractivity contribution in [2.75, 3.05) is 0 Å². The summed E-state index contributed by atoms with van der Waals surface area (Å²) in [6, 6.07) is 1.21. The minimum Gasteiger partial charge on any atom is -0.350 e. The lowest BCUT2D eigenvalue weighted by atomic mass is 10.0. The van der Waals surface area contributed by atoms with Crippen LogP contribution in [-0.4, -0.2) is 21.0 Å². The molecule has 0 saturated heterocycles. The summed E-state index contributed by atoms with van der Waals surface area (Å²) in [6.45, 7) is 5.67. The Bertz CT molecular complexity index is 513. The Morgan fingerprint density at radius 3 is 2.65 bits per heavy atom. The van der Waals surface area contributed by atoms with Crippen molar-refractivity contribution in [3.63, 3.8) is 0 Å². The van der Waals surface area contributed by atoms with E-state index < -0.39 is 11.2 Å². The Labute approximate surface area is 98.7 Å². The summed E-state index contributed by atoms with van der Waals surface area (Å²) in [5, 5.41) is 2.81. The number of aromatic amines is 1. The van der Waals surface area contributed by atoms with Crippen molar-refractivity contribution >= 4 is 5.91 Å². The molecule has 17 heavy (non-hydrogen) atoms. The Hall–Kier alpha value is -1.85. The minimum absolute atomic E-state index is 0.0982. The second kappa shape index (κ2) is 4.99. The van der Waals surface area contributed by atoms with Crippen LogP contribution in [0.15, 0.2) is 21.9 Å². The van der Waals surface area contributed by atoms with Crippen molar-refractivity contribution in [1.29, 1.82) is 0 Å². The number of carbonyl (C=O) groups is 1. The van der Waals surface area contributed by atoms with Gasteiger partial charge in [-0.1, -0.05) is 6.92 Å². The zero-order valence-electron chi connectivity index (χ0n) is 10.2. The molecule has 0 unspecified atom stereocenters. The molecule has 0 aliphatic rings. The van der Waals surface area contributed by atoms with E-state index in [2.05, 4.69) is 10.3 Å². The third-order valence-electron chi connectivity index (χ3n) is 2.57. The Morgan fingerprint density at radius 1 is 1.47 bits per heavy atom. The lowest BCUT2D eigenvalue weighted by Crippen LogP contribution is -2.45. The molecule has 6 heteroatoms. The first-order chi connectivity index (χ1) is 7.84. The van der Waals surface area contributed by atoms with Gasteiger partial charge in [-0.15, -0.1) is 0 Å². The lowest BCUT2D eigenvalue weighted by Gasteiger charge is -2.24. The van der Waals surface area contributed by atoms with E-state index in [9.17, 15) is 14.4 Å². The molecular weight excluding hydrogens is 222 g/mol. The second-order valence-corrected chi connectivity index (χ2v) is 4.52. The Balaban J connectivity index is 2.76. The molecule has 1 heterocycles. The third-order valence-corrected chi connectivity index (χ3v) is 2.57. The number of aromatic nitrogens is 2. The van der Waals surface area contributed by atoms with Gasteiger partial charge in [0.1, 0.15) is 6.54 Å². The highest BCUT2D eigenvalue weighted by molar-refractivity contribution is 5.76. The maximum atomic E-state index is 11.7. The Morgan fingerprint density at radius 2 is 2.12 bits per heavy atom. The average Bonchev–Trinajstić information content (AvgIpc) is 2.21. The van der Waals surface area contributed by atoms with Crippen molar-refractivity contribution in [1.82, 2.24) is 14.9 Å². The van der Waals surface area contributed by atoms with Gasteiger partial charge in [-0.05, 0) is 20.3 Å². The van der Waals surface area contributed by atoms with Crippen LogP contribution >= 0.6 is 0 Å². The van der Waals surface area contributed by atoms with Gasteiger partial charge in [0.15, 0.2) is 0 Å². The molecule has 1 amide bonds. The summed E-state index contributed by atoms with van der Waals surface area (Å²) < 4.78 is 1.16. The molecule has 1 aromatic rings. The molecule has 6 nitrogen and oxygen atoms in total. The van der Waals surface area contributed by atoms with Crippen molar-refractivity contribution in [2.45, 2.75) is 39.3 Å². The van der Waals surface area contributed by atoms with Crippen LogP contribution in [0.3, 0.4) is 0 Å². The van der Waals surface area contributed by atoms with Crippen molar-refractivity contribution < 1.29 is 4.79 Å². The van der Waals surface area contributed by atoms with E-state index in [1.54, 1.807) is 0 Å². The SMILES string of the molecule is CCC(C)(C)NC(=O)Cn1ccc(=O)[nH]c1=O. The molecule has 1 aromatic heterocycles. The number of hydrogen-bond acceptors (Lipinski definition) is 3. The van der Waals surface area contributed by atoms with Gasteiger partial charge in [0.05, 0.1) is 0 Å². The van der Waals surface area contributed by atoms with E-state index in [1.807, 2.05) is 20.8 Å². The smallest absolute Gasteiger partial charge is 0.328 e. The molecule has 0 aliphatic carbocycles. The number of nitrogens with zero attached hydrogens (tertiary/aromatic N) is 1. The monoisotopic (exact) mass is 239 g/mol. The van der Waals surface area contributed by atoms with E-state index in [-0.39, 0.29) is 18.0 Å². The summed E-state index contributed by atoms with van der Waals surface area (Å²) >= 11 is 0. The molecule has 0 radical (unpaired) electrons. The van der Waals surface area contributed by atoms with Crippen LogP contribution in [0.4, 0.5) is 0 Å².